The number of benzene rings is 8. The highest BCUT2D eigenvalue weighted by Crippen LogP contribution is 2.54. The molecular formula is C51H27BN4OS. The molecule has 0 unspecified atom stereocenters. The lowest BCUT2D eigenvalue weighted by atomic mass is 9.36. The van der Waals surface area contributed by atoms with Gasteiger partial charge in [0, 0.05) is 59.5 Å². The monoisotopic (exact) mass is 754 g/mol. The largest absolute Gasteiger partial charge is 0.456 e. The fourth-order valence-electron chi connectivity index (χ4n) is 10.4. The van der Waals surface area contributed by atoms with E-state index in [4.69, 9.17) is 4.42 Å². The molecule has 6 heterocycles. The Morgan fingerprint density at radius 3 is 2.19 bits per heavy atom. The third kappa shape index (κ3) is 3.76. The molecule has 266 valence electrons. The molecule has 14 rings (SSSR count). The normalized spacial score (nSPS) is 13.4. The molecule has 3 aliphatic rings. The number of hydrogen-bond donors (Lipinski definition) is 0. The van der Waals surface area contributed by atoms with Crippen LogP contribution in [0.5, 0.6) is 0 Å². The number of hydrogen-bond acceptors (Lipinski definition) is 5. The van der Waals surface area contributed by atoms with Crippen LogP contribution in [-0.4, -0.2) is 11.3 Å². The van der Waals surface area contributed by atoms with E-state index in [1.807, 2.05) is 23.5 Å². The van der Waals surface area contributed by atoms with Gasteiger partial charge in [0.25, 0.3) is 6.71 Å². The Labute approximate surface area is 336 Å². The van der Waals surface area contributed by atoms with E-state index in [1.165, 1.54) is 64.4 Å². The molecule has 8 aromatic carbocycles. The number of nitrogens with zero attached hydrogens (tertiary/aromatic N) is 4. The van der Waals surface area contributed by atoms with E-state index >= 15 is 0 Å². The van der Waals surface area contributed by atoms with Crippen LogP contribution in [0.4, 0.5) is 34.1 Å². The molecule has 0 saturated carbocycles. The molecule has 0 saturated heterocycles. The third-order valence-electron chi connectivity index (χ3n) is 12.7. The number of para-hydroxylation sites is 4. The molecule has 0 atom stereocenters. The van der Waals surface area contributed by atoms with Crippen molar-refractivity contribution in [1.82, 2.24) is 4.57 Å². The molecule has 7 heteroatoms. The van der Waals surface area contributed by atoms with E-state index < -0.39 is 0 Å². The first-order valence-electron chi connectivity index (χ1n) is 19.6. The van der Waals surface area contributed by atoms with Gasteiger partial charge in [-0.2, -0.15) is 5.26 Å². The molecule has 11 aromatic rings. The number of aromatic nitrogens is 1. The summed E-state index contributed by atoms with van der Waals surface area (Å²) in [7, 11) is 0. The van der Waals surface area contributed by atoms with Gasteiger partial charge < -0.3 is 18.8 Å². The number of nitriles is 1. The number of furan rings is 1. The summed E-state index contributed by atoms with van der Waals surface area (Å²) in [4.78, 5) is 4.87. The van der Waals surface area contributed by atoms with Gasteiger partial charge in [-0.3, -0.25) is 0 Å². The quantitative estimate of drug-likeness (QED) is 0.165. The second kappa shape index (κ2) is 10.9. The minimum atomic E-state index is -0.0646. The van der Waals surface area contributed by atoms with Crippen molar-refractivity contribution in [3.05, 3.63) is 169 Å². The fourth-order valence-corrected chi connectivity index (χ4v) is 11.7. The summed E-state index contributed by atoms with van der Waals surface area (Å²) in [6, 6.07) is 61.4. The average molecular weight is 755 g/mol. The summed E-state index contributed by atoms with van der Waals surface area (Å²) in [5.74, 6) is 0. The van der Waals surface area contributed by atoms with Gasteiger partial charge >= 0.3 is 0 Å². The zero-order valence-electron chi connectivity index (χ0n) is 30.8. The Hall–Kier alpha value is -7.53. The molecule has 0 aliphatic carbocycles. The molecule has 0 fully saturated rings. The van der Waals surface area contributed by atoms with Crippen molar-refractivity contribution in [3.8, 4) is 22.9 Å². The Morgan fingerprint density at radius 2 is 1.29 bits per heavy atom. The minimum absolute atomic E-state index is 0.0646. The molecule has 0 bridgehead atoms. The van der Waals surface area contributed by atoms with Crippen LogP contribution >= 0.6 is 11.3 Å². The van der Waals surface area contributed by atoms with Crippen molar-refractivity contribution in [2.24, 2.45) is 0 Å². The minimum Gasteiger partial charge on any atom is -0.456 e. The van der Waals surface area contributed by atoms with Crippen LogP contribution in [0.15, 0.2) is 168 Å². The van der Waals surface area contributed by atoms with Crippen LogP contribution in [-0.2, 0) is 0 Å². The molecule has 5 nitrogen and oxygen atoms in total. The van der Waals surface area contributed by atoms with Crippen molar-refractivity contribution in [2.45, 2.75) is 0 Å². The molecule has 58 heavy (non-hydrogen) atoms. The van der Waals surface area contributed by atoms with E-state index in [0.29, 0.717) is 5.56 Å². The Bertz CT molecular complexity index is 3680. The fraction of sp³-hybridized carbons (Fsp3) is 0. The van der Waals surface area contributed by atoms with Crippen molar-refractivity contribution >= 4 is 122 Å². The second-order valence-corrected chi connectivity index (χ2v) is 16.6. The topological polar surface area (TPSA) is 48.3 Å². The lowest BCUT2D eigenvalue weighted by Gasteiger charge is -2.45. The van der Waals surface area contributed by atoms with Crippen LogP contribution < -0.4 is 25.5 Å². The molecule has 0 amide bonds. The maximum atomic E-state index is 10.8. The lowest BCUT2D eigenvalue weighted by molar-refractivity contribution is 0.669. The van der Waals surface area contributed by atoms with Crippen LogP contribution in [0.25, 0.3) is 70.6 Å². The number of anilines is 6. The van der Waals surface area contributed by atoms with Gasteiger partial charge in [0.15, 0.2) is 0 Å². The van der Waals surface area contributed by atoms with Crippen LogP contribution in [0.3, 0.4) is 0 Å². The molecule has 3 aliphatic heterocycles. The van der Waals surface area contributed by atoms with E-state index in [-0.39, 0.29) is 6.71 Å². The van der Waals surface area contributed by atoms with Gasteiger partial charge in [-0.15, -0.1) is 11.3 Å². The van der Waals surface area contributed by atoms with E-state index in [2.05, 4.69) is 172 Å². The zero-order chi connectivity index (χ0) is 37.8. The highest BCUT2D eigenvalue weighted by Gasteiger charge is 2.47. The molecule has 0 spiro atoms. The van der Waals surface area contributed by atoms with Crippen LogP contribution in [0.1, 0.15) is 5.56 Å². The molecule has 0 N–H and O–H groups in total. The molecular weight excluding hydrogens is 727 g/mol. The van der Waals surface area contributed by atoms with Crippen molar-refractivity contribution in [2.75, 3.05) is 9.80 Å². The van der Waals surface area contributed by atoms with E-state index in [0.717, 1.165) is 56.1 Å². The predicted molar refractivity (Wildman–Crippen MR) is 241 cm³/mol. The van der Waals surface area contributed by atoms with Gasteiger partial charge in [0.05, 0.1) is 45.4 Å². The molecule has 0 radical (unpaired) electrons. The number of fused-ring (bicyclic) bond motifs is 14. The highest BCUT2D eigenvalue weighted by molar-refractivity contribution is 7.33. The summed E-state index contributed by atoms with van der Waals surface area (Å²) in [6.45, 7) is -0.0646. The average Bonchev–Trinajstić information content (AvgIpc) is 3.96. The van der Waals surface area contributed by atoms with E-state index in [9.17, 15) is 5.26 Å². The first-order chi connectivity index (χ1) is 28.7. The summed E-state index contributed by atoms with van der Waals surface area (Å²) in [5, 5.41) is 16.7. The second-order valence-electron chi connectivity index (χ2n) is 15.6. The summed E-state index contributed by atoms with van der Waals surface area (Å²) >= 11 is 1.88. The first-order valence-corrected chi connectivity index (χ1v) is 20.4. The van der Waals surface area contributed by atoms with Gasteiger partial charge in [-0.25, -0.2) is 0 Å². The van der Waals surface area contributed by atoms with Crippen LogP contribution in [0, 0.1) is 11.3 Å². The summed E-state index contributed by atoms with van der Waals surface area (Å²) < 4.78 is 11.5. The van der Waals surface area contributed by atoms with E-state index in [1.54, 1.807) is 0 Å². The highest BCUT2D eigenvalue weighted by atomic mass is 32.1. The summed E-state index contributed by atoms with van der Waals surface area (Å²) in [6.07, 6.45) is 0. The van der Waals surface area contributed by atoms with Gasteiger partial charge in [0.1, 0.15) is 11.2 Å². The Morgan fingerprint density at radius 1 is 0.534 bits per heavy atom. The van der Waals surface area contributed by atoms with Gasteiger partial charge in [-0.05, 0) is 82.7 Å². The smallest absolute Gasteiger partial charge is 0.264 e. The van der Waals surface area contributed by atoms with Crippen molar-refractivity contribution < 1.29 is 4.42 Å². The van der Waals surface area contributed by atoms with Gasteiger partial charge in [-0.1, -0.05) is 97.1 Å². The van der Waals surface area contributed by atoms with Crippen LogP contribution in [0.2, 0.25) is 0 Å². The SMILES string of the molecule is N#Cc1cc2c3c(c1)N1c4c(cccc4-n4c5ccccc5c5cccc1c54)B3c1sc3ccc(-c4ccccc4)cc3c1N2c1ccc2c(c1)oc1ccccc12. The Kier molecular flexibility index (Phi) is 5.74. The van der Waals surface area contributed by atoms with Gasteiger partial charge in [0.2, 0.25) is 0 Å². The predicted octanol–water partition coefficient (Wildman–Crippen LogP) is 11.8. The van der Waals surface area contributed by atoms with Crippen molar-refractivity contribution in [3.63, 3.8) is 0 Å². The standard InChI is InChI=1S/C51H27BN4OS/c53-28-29-24-42-47-43(25-29)56-40-17-8-14-36-33-12-4-6-16-39(33)55(48(36)40)41-18-9-15-38(50(41)56)52(47)51-49(37-26-31(20-23-46(37)58-51)30-10-2-1-3-11-30)54(42)32-21-22-35-34-13-5-7-19-44(34)57-45(35)27-32/h1-27H. The lowest BCUT2D eigenvalue weighted by Crippen LogP contribution is -2.61. The maximum absolute atomic E-state index is 10.8. The number of thiophene rings is 1. The molecule has 3 aromatic heterocycles. The summed E-state index contributed by atoms with van der Waals surface area (Å²) in [5.41, 5.74) is 17.2. The number of rotatable bonds is 2. The third-order valence-corrected chi connectivity index (χ3v) is 13.9. The van der Waals surface area contributed by atoms with Crippen molar-refractivity contribution in [1.29, 1.82) is 5.26 Å². The zero-order valence-corrected chi connectivity index (χ0v) is 31.6. The Balaban J connectivity index is 1.13. The first kappa shape index (κ1) is 30.7. The maximum Gasteiger partial charge on any atom is 0.264 e.